The Morgan fingerprint density at radius 2 is 2.19 bits per heavy atom. The quantitative estimate of drug-likeness (QED) is 0.516. The Labute approximate surface area is 122 Å². The molecule has 8 nitrogen and oxygen atoms in total. The molecule has 0 aliphatic carbocycles. The van der Waals surface area contributed by atoms with E-state index in [-0.39, 0.29) is 22.9 Å². The Bertz CT molecular complexity index is 689. The standard InChI is InChI=1S/C12H10N2O6S/c1-2-19-12(16)7-5-6-21-11(7)13-10(15)8-3-4-9(20-8)14(17)18/h3-6H,2H2,1H3,(H,13,15). The van der Waals surface area contributed by atoms with E-state index >= 15 is 0 Å². The van der Waals surface area contributed by atoms with Crippen LogP contribution in [0.2, 0.25) is 0 Å². The van der Waals surface area contributed by atoms with Crippen LogP contribution in [-0.2, 0) is 4.74 Å². The Morgan fingerprint density at radius 1 is 1.43 bits per heavy atom. The number of nitro groups is 1. The topological polar surface area (TPSA) is 112 Å². The number of carbonyl (C=O) groups excluding carboxylic acids is 2. The minimum atomic E-state index is -0.744. The number of ether oxygens (including phenoxy) is 1. The molecule has 0 saturated heterocycles. The van der Waals surface area contributed by atoms with Gasteiger partial charge < -0.3 is 14.5 Å². The van der Waals surface area contributed by atoms with E-state index < -0.39 is 22.7 Å². The molecular formula is C12H10N2O6S. The third-order valence-electron chi connectivity index (χ3n) is 2.38. The van der Waals surface area contributed by atoms with Gasteiger partial charge in [-0.2, -0.15) is 0 Å². The van der Waals surface area contributed by atoms with Gasteiger partial charge in [0.05, 0.1) is 18.2 Å². The minimum Gasteiger partial charge on any atom is -0.462 e. The van der Waals surface area contributed by atoms with Crippen LogP contribution >= 0.6 is 11.3 Å². The van der Waals surface area contributed by atoms with E-state index in [0.29, 0.717) is 0 Å². The van der Waals surface area contributed by atoms with Gasteiger partial charge in [-0.05, 0) is 24.4 Å². The first kappa shape index (κ1) is 14.7. The highest BCUT2D eigenvalue weighted by atomic mass is 32.1. The molecule has 0 spiro atoms. The maximum atomic E-state index is 11.9. The zero-order valence-electron chi connectivity index (χ0n) is 10.8. The van der Waals surface area contributed by atoms with Crippen LogP contribution in [0, 0.1) is 10.1 Å². The number of carbonyl (C=O) groups is 2. The summed E-state index contributed by atoms with van der Waals surface area (Å²) in [7, 11) is 0. The summed E-state index contributed by atoms with van der Waals surface area (Å²) < 4.78 is 9.63. The number of furan rings is 1. The summed E-state index contributed by atoms with van der Waals surface area (Å²) in [5, 5.41) is 14.9. The summed E-state index contributed by atoms with van der Waals surface area (Å²) in [4.78, 5) is 33.3. The van der Waals surface area contributed by atoms with Crippen molar-refractivity contribution in [2.75, 3.05) is 11.9 Å². The SMILES string of the molecule is CCOC(=O)c1ccsc1NC(=O)c1ccc([N+](=O)[O-])o1. The van der Waals surface area contributed by atoms with Gasteiger partial charge in [-0.15, -0.1) is 11.3 Å². The number of thiophene rings is 1. The molecule has 1 amide bonds. The number of hydrogen-bond donors (Lipinski definition) is 1. The lowest BCUT2D eigenvalue weighted by Crippen LogP contribution is -2.13. The lowest BCUT2D eigenvalue weighted by atomic mass is 10.3. The van der Waals surface area contributed by atoms with Crippen LogP contribution in [0.4, 0.5) is 10.9 Å². The van der Waals surface area contributed by atoms with Gasteiger partial charge in [0.2, 0.25) is 0 Å². The van der Waals surface area contributed by atoms with Crippen molar-refractivity contribution in [3.63, 3.8) is 0 Å². The van der Waals surface area contributed by atoms with E-state index in [0.717, 1.165) is 17.4 Å². The Morgan fingerprint density at radius 3 is 2.81 bits per heavy atom. The normalized spacial score (nSPS) is 10.1. The molecule has 2 rings (SSSR count). The van der Waals surface area contributed by atoms with Crippen molar-refractivity contribution in [1.82, 2.24) is 0 Å². The molecule has 2 aromatic rings. The van der Waals surface area contributed by atoms with Crippen LogP contribution in [0.15, 0.2) is 28.0 Å². The molecule has 0 fully saturated rings. The number of hydrogen-bond acceptors (Lipinski definition) is 7. The van der Waals surface area contributed by atoms with Crippen molar-refractivity contribution < 1.29 is 23.7 Å². The van der Waals surface area contributed by atoms with Crippen LogP contribution in [0.1, 0.15) is 27.8 Å². The van der Waals surface area contributed by atoms with Gasteiger partial charge in [-0.1, -0.05) is 0 Å². The lowest BCUT2D eigenvalue weighted by Gasteiger charge is -2.04. The molecule has 0 bridgehead atoms. The largest absolute Gasteiger partial charge is 0.462 e. The van der Waals surface area contributed by atoms with Gasteiger partial charge in [0.25, 0.3) is 5.91 Å². The molecule has 2 heterocycles. The van der Waals surface area contributed by atoms with E-state index in [1.807, 2.05) is 0 Å². The second-order valence-corrected chi connectivity index (χ2v) is 4.65. The molecule has 0 saturated carbocycles. The van der Waals surface area contributed by atoms with Crippen LogP contribution in [0.25, 0.3) is 0 Å². The Hall–Kier alpha value is -2.68. The number of anilines is 1. The van der Waals surface area contributed by atoms with E-state index in [2.05, 4.69) is 5.32 Å². The fourth-order valence-electron chi connectivity index (χ4n) is 1.49. The maximum absolute atomic E-state index is 11.9. The van der Waals surface area contributed by atoms with Crippen molar-refractivity contribution in [1.29, 1.82) is 0 Å². The molecule has 21 heavy (non-hydrogen) atoms. The van der Waals surface area contributed by atoms with Gasteiger partial charge >= 0.3 is 11.9 Å². The lowest BCUT2D eigenvalue weighted by molar-refractivity contribution is -0.402. The van der Waals surface area contributed by atoms with Crippen LogP contribution in [0.5, 0.6) is 0 Å². The first-order valence-electron chi connectivity index (χ1n) is 5.83. The highest BCUT2D eigenvalue weighted by Gasteiger charge is 2.20. The van der Waals surface area contributed by atoms with Gasteiger partial charge in [-0.3, -0.25) is 14.9 Å². The first-order valence-corrected chi connectivity index (χ1v) is 6.71. The van der Waals surface area contributed by atoms with Gasteiger partial charge in [-0.25, -0.2) is 4.79 Å². The second kappa shape index (κ2) is 6.18. The maximum Gasteiger partial charge on any atom is 0.433 e. The third kappa shape index (κ3) is 3.26. The van der Waals surface area contributed by atoms with Crippen LogP contribution in [-0.4, -0.2) is 23.4 Å². The van der Waals surface area contributed by atoms with Crippen LogP contribution < -0.4 is 5.32 Å². The summed E-state index contributed by atoms with van der Waals surface area (Å²) >= 11 is 1.13. The predicted molar refractivity (Wildman–Crippen MR) is 73.6 cm³/mol. The molecule has 0 atom stereocenters. The van der Waals surface area contributed by atoms with Gasteiger partial charge in [0.15, 0.2) is 5.76 Å². The van der Waals surface area contributed by atoms with E-state index in [9.17, 15) is 19.7 Å². The van der Waals surface area contributed by atoms with Crippen LogP contribution in [0.3, 0.4) is 0 Å². The molecule has 1 N–H and O–H groups in total. The van der Waals surface area contributed by atoms with Crippen molar-refractivity contribution in [2.24, 2.45) is 0 Å². The number of amides is 1. The van der Waals surface area contributed by atoms with E-state index in [1.165, 1.54) is 12.1 Å². The summed E-state index contributed by atoms with van der Waals surface area (Å²) in [6, 6.07) is 3.78. The zero-order valence-corrected chi connectivity index (χ0v) is 11.6. The average molecular weight is 310 g/mol. The molecular weight excluding hydrogens is 300 g/mol. The highest BCUT2D eigenvalue weighted by Crippen LogP contribution is 2.25. The predicted octanol–water partition coefficient (Wildman–Crippen LogP) is 2.68. The summed E-state index contributed by atoms with van der Waals surface area (Å²) in [5.41, 5.74) is 0.219. The Balaban J connectivity index is 2.14. The summed E-state index contributed by atoms with van der Waals surface area (Å²) in [5.74, 6) is -1.99. The minimum absolute atomic E-state index is 0.215. The monoisotopic (exact) mass is 310 g/mol. The third-order valence-corrected chi connectivity index (χ3v) is 3.21. The van der Waals surface area contributed by atoms with Crippen molar-refractivity contribution in [3.8, 4) is 0 Å². The highest BCUT2D eigenvalue weighted by molar-refractivity contribution is 7.14. The molecule has 110 valence electrons. The fraction of sp³-hybridized carbons (Fsp3) is 0.167. The second-order valence-electron chi connectivity index (χ2n) is 3.73. The summed E-state index contributed by atoms with van der Waals surface area (Å²) in [6.45, 7) is 1.89. The van der Waals surface area contributed by atoms with Gasteiger partial charge in [0.1, 0.15) is 9.92 Å². The molecule has 9 heteroatoms. The van der Waals surface area contributed by atoms with E-state index in [4.69, 9.17) is 9.15 Å². The molecule has 0 aromatic carbocycles. The average Bonchev–Trinajstić information content (AvgIpc) is 3.07. The van der Waals surface area contributed by atoms with E-state index in [1.54, 1.807) is 12.3 Å². The first-order chi connectivity index (χ1) is 10.0. The zero-order chi connectivity index (χ0) is 15.4. The summed E-state index contributed by atoms with van der Waals surface area (Å²) in [6.07, 6.45) is 0. The van der Waals surface area contributed by atoms with Crippen molar-refractivity contribution in [2.45, 2.75) is 6.92 Å². The number of nitrogens with zero attached hydrogens (tertiary/aromatic N) is 1. The molecule has 2 aromatic heterocycles. The van der Waals surface area contributed by atoms with Crippen molar-refractivity contribution >= 4 is 34.1 Å². The smallest absolute Gasteiger partial charge is 0.433 e. The fourth-order valence-corrected chi connectivity index (χ4v) is 2.26. The molecule has 0 aliphatic rings. The van der Waals surface area contributed by atoms with Crippen molar-refractivity contribution in [3.05, 3.63) is 45.0 Å². The molecule has 0 radical (unpaired) electrons. The molecule has 0 unspecified atom stereocenters. The van der Waals surface area contributed by atoms with Gasteiger partial charge in [0, 0.05) is 0 Å². The Kier molecular flexibility index (Phi) is 4.33. The number of esters is 1. The number of rotatable bonds is 5. The molecule has 0 aliphatic heterocycles. The number of nitrogens with one attached hydrogen (secondary N) is 1.